The first-order valence-corrected chi connectivity index (χ1v) is 10.1. The number of hydrogen-bond acceptors (Lipinski definition) is 6. The molecule has 0 bridgehead atoms. The van der Waals surface area contributed by atoms with Crippen molar-refractivity contribution in [3.63, 3.8) is 0 Å². The molecule has 0 spiro atoms. The number of ether oxygens (including phenoxy) is 4. The molecule has 1 aliphatic heterocycles. The summed E-state index contributed by atoms with van der Waals surface area (Å²) in [5, 5.41) is 10.4. The molecule has 2 unspecified atom stereocenters. The maximum atomic E-state index is 13.4. The zero-order chi connectivity index (χ0) is 22.8. The molecule has 1 N–H and O–H groups in total. The number of β-lactam (4-membered cyclic amide) rings is 1. The molecule has 3 aromatic carbocycles. The van der Waals surface area contributed by atoms with E-state index < -0.39 is 5.92 Å². The monoisotopic (exact) mass is 435 g/mol. The quantitative estimate of drug-likeness (QED) is 0.558. The predicted molar refractivity (Wildman–Crippen MR) is 120 cm³/mol. The van der Waals surface area contributed by atoms with Gasteiger partial charge in [-0.2, -0.15) is 0 Å². The summed E-state index contributed by atoms with van der Waals surface area (Å²) in [6.45, 7) is 0. The van der Waals surface area contributed by atoms with E-state index in [9.17, 15) is 9.90 Å². The van der Waals surface area contributed by atoms with Crippen LogP contribution in [0, 0.1) is 0 Å². The van der Waals surface area contributed by atoms with E-state index in [2.05, 4.69) is 0 Å². The van der Waals surface area contributed by atoms with E-state index in [1.54, 1.807) is 29.2 Å². The lowest BCUT2D eigenvalue weighted by molar-refractivity contribution is -0.126. The highest BCUT2D eigenvalue weighted by molar-refractivity contribution is 6.07. The fourth-order valence-electron chi connectivity index (χ4n) is 4.20. The number of nitrogens with zero attached hydrogens (tertiary/aromatic N) is 1. The molecule has 2 atom stereocenters. The number of phenols is 1. The molecule has 0 saturated carbocycles. The lowest BCUT2D eigenvalue weighted by Crippen LogP contribution is -2.53. The van der Waals surface area contributed by atoms with Crippen molar-refractivity contribution < 1.29 is 28.8 Å². The molecule has 7 nitrogen and oxygen atoms in total. The van der Waals surface area contributed by atoms with Crippen LogP contribution < -0.4 is 23.8 Å². The van der Waals surface area contributed by atoms with Crippen LogP contribution in [0.25, 0.3) is 0 Å². The molecule has 4 rings (SSSR count). The summed E-state index contributed by atoms with van der Waals surface area (Å²) >= 11 is 0. The van der Waals surface area contributed by atoms with Crippen LogP contribution in [0.2, 0.25) is 0 Å². The van der Waals surface area contributed by atoms with E-state index in [1.807, 2.05) is 36.4 Å². The smallest absolute Gasteiger partial charge is 0.237 e. The van der Waals surface area contributed by atoms with E-state index in [-0.39, 0.29) is 17.7 Å². The van der Waals surface area contributed by atoms with E-state index in [0.717, 1.165) is 11.1 Å². The van der Waals surface area contributed by atoms with Gasteiger partial charge in [0.1, 0.15) is 0 Å². The number of methoxy groups -OCH3 is 4. The van der Waals surface area contributed by atoms with E-state index in [1.165, 1.54) is 28.4 Å². The maximum absolute atomic E-state index is 13.4. The van der Waals surface area contributed by atoms with Gasteiger partial charge in [0.2, 0.25) is 11.7 Å². The Balaban J connectivity index is 1.84. The normalized spacial score (nSPS) is 17.5. The minimum atomic E-state index is -0.400. The number of phenolic OH excluding ortho intramolecular Hbond substituents is 1. The van der Waals surface area contributed by atoms with Crippen LogP contribution in [0.4, 0.5) is 5.69 Å². The Bertz CT molecular complexity index is 1110. The molecule has 1 heterocycles. The molecule has 3 aromatic rings. The van der Waals surface area contributed by atoms with Gasteiger partial charge in [0.15, 0.2) is 23.0 Å². The summed E-state index contributed by atoms with van der Waals surface area (Å²) < 4.78 is 21.5. The highest BCUT2D eigenvalue weighted by Gasteiger charge is 2.50. The fourth-order valence-corrected chi connectivity index (χ4v) is 4.20. The Kier molecular flexibility index (Phi) is 5.81. The third-order valence-electron chi connectivity index (χ3n) is 5.73. The van der Waals surface area contributed by atoms with Gasteiger partial charge in [0.25, 0.3) is 0 Å². The summed E-state index contributed by atoms with van der Waals surface area (Å²) in [4.78, 5) is 15.1. The van der Waals surface area contributed by atoms with Crippen molar-refractivity contribution in [2.45, 2.75) is 12.0 Å². The van der Waals surface area contributed by atoms with Crippen molar-refractivity contribution in [3.05, 3.63) is 71.8 Å². The maximum Gasteiger partial charge on any atom is 0.237 e. The zero-order valence-corrected chi connectivity index (χ0v) is 18.4. The summed E-state index contributed by atoms with van der Waals surface area (Å²) in [5.74, 6) is 1.28. The summed E-state index contributed by atoms with van der Waals surface area (Å²) in [5.41, 5.74) is 2.30. The average Bonchev–Trinajstić information content (AvgIpc) is 2.82. The van der Waals surface area contributed by atoms with Crippen LogP contribution in [0.15, 0.2) is 60.7 Å². The molecule has 1 amide bonds. The molecular weight excluding hydrogens is 410 g/mol. The van der Waals surface area contributed by atoms with Gasteiger partial charge in [0, 0.05) is 12.1 Å². The van der Waals surface area contributed by atoms with Crippen LogP contribution in [0.1, 0.15) is 23.1 Å². The first-order chi connectivity index (χ1) is 15.5. The second-order valence-electron chi connectivity index (χ2n) is 7.36. The van der Waals surface area contributed by atoms with E-state index >= 15 is 0 Å². The molecule has 1 fully saturated rings. The summed E-state index contributed by atoms with van der Waals surface area (Å²) in [6, 6.07) is 17.9. The number of carbonyl (C=O) groups excluding carboxylic acids is 1. The number of aromatic hydroxyl groups is 1. The lowest BCUT2D eigenvalue weighted by Gasteiger charge is -2.48. The Morgan fingerprint density at radius 1 is 0.750 bits per heavy atom. The minimum Gasteiger partial charge on any atom is -0.504 e. The molecule has 0 aliphatic carbocycles. The van der Waals surface area contributed by atoms with Crippen molar-refractivity contribution in [3.8, 4) is 28.7 Å². The van der Waals surface area contributed by atoms with Gasteiger partial charge < -0.3 is 29.0 Å². The van der Waals surface area contributed by atoms with Gasteiger partial charge >= 0.3 is 0 Å². The van der Waals surface area contributed by atoms with Gasteiger partial charge in [0.05, 0.1) is 46.1 Å². The topological polar surface area (TPSA) is 77.5 Å². The molecular formula is C25H25NO6. The SMILES string of the molecule is COc1ccc(C2C(c3ccccc3)C(=O)N2c2cc(OC)c(OC)c(OC)c2)cc1O. The Morgan fingerprint density at radius 3 is 1.91 bits per heavy atom. The third kappa shape index (κ3) is 3.45. The number of benzene rings is 3. The van der Waals surface area contributed by atoms with Gasteiger partial charge in [-0.3, -0.25) is 4.79 Å². The van der Waals surface area contributed by atoms with Crippen LogP contribution in [0.3, 0.4) is 0 Å². The van der Waals surface area contributed by atoms with Crippen LogP contribution >= 0.6 is 0 Å². The zero-order valence-electron chi connectivity index (χ0n) is 18.4. The minimum absolute atomic E-state index is 0.0148. The van der Waals surface area contributed by atoms with Crippen LogP contribution in [0.5, 0.6) is 28.7 Å². The lowest BCUT2D eigenvalue weighted by atomic mass is 9.77. The van der Waals surface area contributed by atoms with Crippen LogP contribution in [-0.4, -0.2) is 39.5 Å². The first-order valence-electron chi connectivity index (χ1n) is 10.1. The number of carbonyl (C=O) groups is 1. The van der Waals surface area contributed by atoms with Crippen LogP contribution in [-0.2, 0) is 4.79 Å². The first kappa shape index (κ1) is 21.4. The van der Waals surface area contributed by atoms with Gasteiger partial charge in [-0.05, 0) is 23.3 Å². The average molecular weight is 435 g/mol. The van der Waals surface area contributed by atoms with Gasteiger partial charge in [-0.15, -0.1) is 0 Å². The highest BCUT2D eigenvalue weighted by atomic mass is 16.5. The van der Waals surface area contributed by atoms with E-state index in [0.29, 0.717) is 28.7 Å². The van der Waals surface area contributed by atoms with Crippen molar-refractivity contribution >= 4 is 11.6 Å². The largest absolute Gasteiger partial charge is 0.504 e. The second kappa shape index (κ2) is 8.70. The highest BCUT2D eigenvalue weighted by Crippen LogP contribution is 2.52. The van der Waals surface area contributed by atoms with E-state index in [4.69, 9.17) is 18.9 Å². The number of anilines is 1. The predicted octanol–water partition coefficient (Wildman–Crippen LogP) is 4.30. The number of hydrogen-bond donors (Lipinski definition) is 1. The summed E-state index contributed by atoms with van der Waals surface area (Å²) in [6.07, 6.45) is 0. The standard InChI is InChI=1S/C25H25NO6/c1-29-19-11-10-16(12-18(19)27)23-22(15-8-6-5-7-9-15)25(28)26(23)17-13-20(30-2)24(32-4)21(14-17)31-3/h5-14,22-23,27H,1-4H3. The second-order valence-corrected chi connectivity index (χ2v) is 7.36. The number of amides is 1. The van der Waals surface area contributed by atoms with Crippen molar-refractivity contribution in [2.24, 2.45) is 0 Å². The third-order valence-corrected chi connectivity index (χ3v) is 5.73. The molecule has 0 aromatic heterocycles. The van der Waals surface area contributed by atoms with Crippen molar-refractivity contribution in [1.82, 2.24) is 0 Å². The Labute approximate surface area is 186 Å². The van der Waals surface area contributed by atoms with Gasteiger partial charge in [-0.1, -0.05) is 36.4 Å². The molecule has 166 valence electrons. The Morgan fingerprint density at radius 2 is 1.38 bits per heavy atom. The van der Waals surface area contributed by atoms with Crippen molar-refractivity contribution in [2.75, 3.05) is 33.3 Å². The van der Waals surface area contributed by atoms with Gasteiger partial charge in [-0.25, -0.2) is 0 Å². The molecule has 1 saturated heterocycles. The Hall–Kier alpha value is -3.87. The number of rotatable bonds is 7. The fraction of sp³-hybridized carbons (Fsp3) is 0.240. The molecule has 32 heavy (non-hydrogen) atoms. The molecule has 0 radical (unpaired) electrons. The summed E-state index contributed by atoms with van der Waals surface area (Å²) in [7, 11) is 6.09. The molecule has 1 aliphatic rings. The molecule has 7 heteroatoms. The van der Waals surface area contributed by atoms with Crippen molar-refractivity contribution in [1.29, 1.82) is 0 Å².